The Morgan fingerprint density at radius 3 is 2.74 bits per heavy atom. The van der Waals surface area contributed by atoms with Crippen molar-refractivity contribution in [3.05, 3.63) is 47.3 Å². The van der Waals surface area contributed by atoms with Gasteiger partial charge in [-0.2, -0.15) is 5.10 Å². The zero-order valence-electron chi connectivity index (χ0n) is 12.0. The lowest BCUT2D eigenvalue weighted by Gasteiger charge is -2.19. The van der Waals surface area contributed by atoms with Crippen molar-refractivity contribution < 1.29 is 4.74 Å². The second-order valence-electron chi connectivity index (χ2n) is 4.60. The smallest absolute Gasteiger partial charge is 0.119 e. The first-order chi connectivity index (χ1) is 9.15. The molecule has 0 fully saturated rings. The van der Waals surface area contributed by atoms with E-state index in [-0.39, 0.29) is 6.04 Å². The first-order valence-corrected chi connectivity index (χ1v) is 6.53. The number of aromatic nitrogens is 2. The van der Waals surface area contributed by atoms with E-state index in [1.54, 1.807) is 7.11 Å². The van der Waals surface area contributed by atoms with Gasteiger partial charge in [-0.05, 0) is 37.2 Å². The quantitative estimate of drug-likeness (QED) is 0.896. The van der Waals surface area contributed by atoms with Crippen LogP contribution in [0.4, 0.5) is 0 Å². The van der Waals surface area contributed by atoms with Crippen molar-refractivity contribution >= 4 is 0 Å². The van der Waals surface area contributed by atoms with Crippen LogP contribution in [0.15, 0.2) is 30.3 Å². The molecule has 0 aliphatic carbocycles. The van der Waals surface area contributed by atoms with Crippen molar-refractivity contribution in [3.8, 4) is 5.75 Å². The van der Waals surface area contributed by atoms with Gasteiger partial charge in [-0.1, -0.05) is 19.1 Å². The molecule has 1 N–H and O–H groups in total. The largest absolute Gasteiger partial charge is 0.497 e. The minimum atomic E-state index is 0.131. The van der Waals surface area contributed by atoms with Gasteiger partial charge in [-0.15, -0.1) is 0 Å². The summed E-state index contributed by atoms with van der Waals surface area (Å²) in [6, 6.07) is 10.4. The van der Waals surface area contributed by atoms with Crippen LogP contribution in [0.2, 0.25) is 0 Å². The van der Waals surface area contributed by atoms with Gasteiger partial charge in [0.1, 0.15) is 5.75 Å². The van der Waals surface area contributed by atoms with Gasteiger partial charge in [0.25, 0.3) is 0 Å². The Morgan fingerprint density at radius 1 is 1.37 bits per heavy atom. The molecule has 0 saturated carbocycles. The normalized spacial score (nSPS) is 12.4. The molecule has 0 saturated heterocycles. The number of rotatable bonds is 5. The van der Waals surface area contributed by atoms with Gasteiger partial charge in [0, 0.05) is 7.05 Å². The van der Waals surface area contributed by atoms with Gasteiger partial charge in [0.05, 0.1) is 24.5 Å². The second-order valence-corrected chi connectivity index (χ2v) is 4.60. The number of benzene rings is 1. The van der Waals surface area contributed by atoms with Crippen LogP contribution in [0, 0.1) is 6.92 Å². The summed E-state index contributed by atoms with van der Waals surface area (Å²) in [6.45, 7) is 5.01. The molecule has 102 valence electrons. The maximum atomic E-state index is 5.30. The Kier molecular flexibility index (Phi) is 4.22. The van der Waals surface area contributed by atoms with E-state index in [0.29, 0.717) is 0 Å². The van der Waals surface area contributed by atoms with Crippen molar-refractivity contribution in [1.82, 2.24) is 15.1 Å². The number of nitrogens with one attached hydrogen (secondary N) is 1. The van der Waals surface area contributed by atoms with Crippen LogP contribution in [-0.4, -0.2) is 23.4 Å². The summed E-state index contributed by atoms with van der Waals surface area (Å²) >= 11 is 0. The minimum Gasteiger partial charge on any atom is -0.497 e. The molecule has 1 aromatic carbocycles. The van der Waals surface area contributed by atoms with Crippen LogP contribution < -0.4 is 10.1 Å². The monoisotopic (exact) mass is 259 g/mol. The van der Waals surface area contributed by atoms with Gasteiger partial charge in [0.15, 0.2) is 0 Å². The van der Waals surface area contributed by atoms with Crippen LogP contribution in [0.25, 0.3) is 0 Å². The van der Waals surface area contributed by atoms with Gasteiger partial charge in [0.2, 0.25) is 0 Å². The lowest BCUT2D eigenvalue weighted by atomic mass is 10.0. The maximum Gasteiger partial charge on any atom is 0.119 e. The Bertz CT molecular complexity index is 548. The average Bonchev–Trinajstić information content (AvgIpc) is 2.75. The van der Waals surface area contributed by atoms with Gasteiger partial charge in [-0.3, -0.25) is 4.68 Å². The molecule has 0 aliphatic heterocycles. The lowest BCUT2D eigenvalue weighted by molar-refractivity contribution is 0.413. The fourth-order valence-electron chi connectivity index (χ4n) is 2.32. The average molecular weight is 259 g/mol. The Morgan fingerprint density at radius 2 is 2.16 bits per heavy atom. The Labute approximate surface area is 114 Å². The van der Waals surface area contributed by atoms with Crippen LogP contribution in [-0.2, 0) is 7.05 Å². The second kappa shape index (κ2) is 5.89. The molecule has 1 atom stereocenters. The fourth-order valence-corrected chi connectivity index (χ4v) is 2.32. The molecule has 0 spiro atoms. The summed E-state index contributed by atoms with van der Waals surface area (Å²) in [6.07, 6.45) is 0. The molecule has 1 unspecified atom stereocenters. The molecule has 2 rings (SSSR count). The molecule has 0 radical (unpaired) electrons. The number of ether oxygens (including phenoxy) is 1. The Hall–Kier alpha value is -1.81. The molecular formula is C15H21N3O. The summed E-state index contributed by atoms with van der Waals surface area (Å²) in [5, 5.41) is 7.93. The van der Waals surface area contributed by atoms with E-state index >= 15 is 0 Å². The first-order valence-electron chi connectivity index (χ1n) is 6.53. The number of hydrogen-bond donors (Lipinski definition) is 1. The highest BCUT2D eigenvalue weighted by molar-refractivity contribution is 5.35. The van der Waals surface area contributed by atoms with Gasteiger partial charge >= 0.3 is 0 Å². The first kappa shape index (κ1) is 13.6. The number of hydrogen-bond acceptors (Lipinski definition) is 3. The van der Waals surface area contributed by atoms with Crippen LogP contribution >= 0.6 is 0 Å². The van der Waals surface area contributed by atoms with E-state index in [1.807, 2.05) is 30.8 Å². The predicted molar refractivity (Wildman–Crippen MR) is 76.5 cm³/mol. The van der Waals surface area contributed by atoms with Gasteiger partial charge in [-0.25, -0.2) is 0 Å². The van der Waals surface area contributed by atoms with Crippen molar-refractivity contribution in [2.24, 2.45) is 7.05 Å². The molecular weight excluding hydrogens is 238 g/mol. The molecule has 0 aliphatic rings. The van der Waals surface area contributed by atoms with E-state index in [0.717, 1.165) is 23.7 Å². The zero-order chi connectivity index (χ0) is 13.8. The third kappa shape index (κ3) is 2.96. The van der Waals surface area contributed by atoms with E-state index in [9.17, 15) is 0 Å². The highest BCUT2D eigenvalue weighted by Crippen LogP contribution is 2.25. The standard InChI is InChI=1S/C15H21N3O/c1-5-16-15(14-9-11(2)17-18(14)3)12-7-6-8-13(10-12)19-4/h6-10,15-16H,5H2,1-4H3. The highest BCUT2D eigenvalue weighted by Gasteiger charge is 2.17. The van der Waals surface area contributed by atoms with Crippen molar-refractivity contribution in [2.45, 2.75) is 19.9 Å². The molecule has 2 aromatic rings. The molecule has 19 heavy (non-hydrogen) atoms. The van der Waals surface area contributed by atoms with Crippen LogP contribution in [0.3, 0.4) is 0 Å². The number of aryl methyl sites for hydroxylation is 2. The number of nitrogens with zero attached hydrogens (tertiary/aromatic N) is 2. The molecule has 0 amide bonds. The third-order valence-corrected chi connectivity index (χ3v) is 3.17. The lowest BCUT2D eigenvalue weighted by Crippen LogP contribution is -2.24. The third-order valence-electron chi connectivity index (χ3n) is 3.17. The van der Waals surface area contributed by atoms with Crippen molar-refractivity contribution in [1.29, 1.82) is 0 Å². The number of methoxy groups -OCH3 is 1. The fraction of sp³-hybridized carbons (Fsp3) is 0.400. The molecule has 1 heterocycles. The Balaban J connectivity index is 2.41. The summed E-state index contributed by atoms with van der Waals surface area (Å²) in [5.41, 5.74) is 3.38. The van der Waals surface area contributed by atoms with Gasteiger partial charge < -0.3 is 10.1 Å². The highest BCUT2D eigenvalue weighted by atomic mass is 16.5. The maximum absolute atomic E-state index is 5.30. The SMILES string of the molecule is CCNC(c1cccc(OC)c1)c1cc(C)nn1C. The topological polar surface area (TPSA) is 39.1 Å². The summed E-state index contributed by atoms with van der Waals surface area (Å²) in [5.74, 6) is 0.874. The summed E-state index contributed by atoms with van der Waals surface area (Å²) in [4.78, 5) is 0. The molecule has 4 nitrogen and oxygen atoms in total. The minimum absolute atomic E-state index is 0.131. The molecule has 1 aromatic heterocycles. The predicted octanol–water partition coefficient (Wildman–Crippen LogP) is 2.44. The van der Waals surface area contributed by atoms with E-state index in [2.05, 4.69) is 35.5 Å². The van der Waals surface area contributed by atoms with Crippen LogP contribution in [0.5, 0.6) is 5.75 Å². The summed E-state index contributed by atoms with van der Waals surface area (Å²) in [7, 11) is 3.67. The van der Waals surface area contributed by atoms with Crippen LogP contribution in [0.1, 0.15) is 29.9 Å². The van der Waals surface area contributed by atoms with Crippen molar-refractivity contribution in [2.75, 3.05) is 13.7 Å². The van der Waals surface area contributed by atoms with E-state index in [1.165, 1.54) is 5.56 Å². The zero-order valence-corrected chi connectivity index (χ0v) is 12.0. The summed E-state index contributed by atoms with van der Waals surface area (Å²) < 4.78 is 7.24. The van der Waals surface area contributed by atoms with Crippen molar-refractivity contribution in [3.63, 3.8) is 0 Å². The molecule has 0 bridgehead atoms. The van der Waals surface area contributed by atoms with E-state index < -0.39 is 0 Å². The molecule has 4 heteroatoms. The van der Waals surface area contributed by atoms with E-state index in [4.69, 9.17) is 4.74 Å².